The van der Waals surface area contributed by atoms with E-state index >= 15 is 0 Å². The van der Waals surface area contributed by atoms with Crippen LogP contribution in [-0.2, 0) is 4.74 Å². The number of nitrogens with zero attached hydrogens (tertiary/aromatic N) is 3. The van der Waals surface area contributed by atoms with Gasteiger partial charge in [0.05, 0.1) is 6.10 Å². The van der Waals surface area contributed by atoms with Crippen LogP contribution in [0.25, 0.3) is 0 Å². The third-order valence-corrected chi connectivity index (χ3v) is 6.11. The number of guanidine groups is 1. The fourth-order valence-corrected chi connectivity index (χ4v) is 4.53. The van der Waals surface area contributed by atoms with Crippen LogP contribution in [0.3, 0.4) is 0 Å². The molecular weight excluding hydrogens is 489 g/mol. The zero-order chi connectivity index (χ0) is 20.9. The van der Waals surface area contributed by atoms with Gasteiger partial charge >= 0.3 is 0 Å². The van der Waals surface area contributed by atoms with Crippen LogP contribution in [-0.4, -0.2) is 56.4 Å². The molecule has 0 aliphatic carbocycles. The van der Waals surface area contributed by atoms with E-state index in [0.29, 0.717) is 18.1 Å². The van der Waals surface area contributed by atoms with E-state index in [1.165, 1.54) is 12.0 Å². The van der Waals surface area contributed by atoms with E-state index in [1.807, 2.05) is 13.2 Å². The zero-order valence-electron chi connectivity index (χ0n) is 19.3. The van der Waals surface area contributed by atoms with Crippen LogP contribution in [0.2, 0.25) is 0 Å². The van der Waals surface area contributed by atoms with Gasteiger partial charge in [-0.2, -0.15) is 0 Å². The molecule has 2 saturated heterocycles. The average Bonchev–Trinajstić information content (AvgIpc) is 2.72. The Bertz CT molecular complexity index is 665. The van der Waals surface area contributed by atoms with Crippen molar-refractivity contribution in [1.29, 1.82) is 0 Å². The number of aliphatic imine (C=N–C) groups is 1. The molecule has 0 spiro atoms. The molecule has 1 aromatic heterocycles. The van der Waals surface area contributed by atoms with E-state index in [0.717, 1.165) is 57.3 Å². The molecule has 0 aromatic carbocycles. The number of hydrogen-bond acceptors (Lipinski definition) is 4. The number of aromatic nitrogens is 1. The first-order valence-corrected chi connectivity index (χ1v) is 11.1. The maximum atomic E-state index is 6.12. The lowest BCUT2D eigenvalue weighted by Crippen LogP contribution is -2.51. The van der Waals surface area contributed by atoms with E-state index in [9.17, 15) is 0 Å². The predicted molar refractivity (Wildman–Crippen MR) is 136 cm³/mol. The maximum absolute atomic E-state index is 6.12. The van der Waals surface area contributed by atoms with Gasteiger partial charge in [0.15, 0.2) is 5.96 Å². The molecule has 2 aliphatic rings. The van der Waals surface area contributed by atoms with Gasteiger partial charge in [0.25, 0.3) is 0 Å². The third kappa shape index (κ3) is 6.97. The quantitative estimate of drug-likeness (QED) is 0.351. The average molecular weight is 530 g/mol. The number of piperidine rings is 1. The predicted octanol–water partition coefficient (Wildman–Crippen LogP) is 3.98. The molecule has 0 bridgehead atoms. The second-order valence-electron chi connectivity index (χ2n) is 9.61. The number of rotatable bonds is 4. The Labute approximate surface area is 199 Å². The lowest BCUT2D eigenvalue weighted by atomic mass is 9.78. The number of anilines is 1. The van der Waals surface area contributed by atoms with E-state index in [2.05, 4.69) is 65.3 Å². The van der Waals surface area contributed by atoms with Crippen LogP contribution in [0.5, 0.6) is 0 Å². The summed E-state index contributed by atoms with van der Waals surface area (Å²) >= 11 is 0. The van der Waals surface area contributed by atoms with Gasteiger partial charge < -0.3 is 20.3 Å². The highest BCUT2D eigenvalue weighted by molar-refractivity contribution is 14.0. The van der Waals surface area contributed by atoms with Crippen LogP contribution in [0, 0.1) is 18.3 Å². The van der Waals surface area contributed by atoms with Crippen molar-refractivity contribution in [2.24, 2.45) is 16.3 Å². The Morgan fingerprint density at radius 3 is 2.57 bits per heavy atom. The van der Waals surface area contributed by atoms with Gasteiger partial charge in [-0.3, -0.25) is 4.99 Å². The van der Waals surface area contributed by atoms with Gasteiger partial charge in [0.1, 0.15) is 5.82 Å². The zero-order valence-corrected chi connectivity index (χ0v) is 21.6. The molecule has 2 aliphatic heterocycles. The molecule has 1 aromatic rings. The number of aryl methyl sites for hydroxylation is 1. The summed E-state index contributed by atoms with van der Waals surface area (Å²) in [5, 5.41) is 7.20. The van der Waals surface area contributed by atoms with E-state index < -0.39 is 0 Å². The van der Waals surface area contributed by atoms with Gasteiger partial charge in [-0.25, -0.2) is 4.98 Å². The summed E-state index contributed by atoms with van der Waals surface area (Å²) in [5.74, 6) is 2.52. The second kappa shape index (κ2) is 11.5. The van der Waals surface area contributed by atoms with Crippen molar-refractivity contribution in [3.05, 3.63) is 23.9 Å². The summed E-state index contributed by atoms with van der Waals surface area (Å²) in [6.07, 6.45) is 6.79. The monoisotopic (exact) mass is 529 g/mol. The van der Waals surface area contributed by atoms with Crippen LogP contribution >= 0.6 is 24.0 Å². The molecule has 2 atom stereocenters. The first-order valence-electron chi connectivity index (χ1n) is 11.1. The Kier molecular flexibility index (Phi) is 9.66. The molecule has 0 saturated carbocycles. The van der Waals surface area contributed by atoms with Crippen molar-refractivity contribution < 1.29 is 4.74 Å². The minimum absolute atomic E-state index is 0. The summed E-state index contributed by atoms with van der Waals surface area (Å²) in [5.41, 5.74) is 1.37. The van der Waals surface area contributed by atoms with Crippen LogP contribution < -0.4 is 15.5 Å². The molecule has 30 heavy (non-hydrogen) atoms. The van der Waals surface area contributed by atoms with Gasteiger partial charge in [-0.1, -0.05) is 26.8 Å². The molecule has 3 rings (SSSR count). The molecular formula is C23H40IN5O. The van der Waals surface area contributed by atoms with Gasteiger partial charge in [0.2, 0.25) is 0 Å². The topological polar surface area (TPSA) is 61.8 Å². The van der Waals surface area contributed by atoms with Crippen molar-refractivity contribution >= 4 is 35.8 Å². The number of halogens is 1. The summed E-state index contributed by atoms with van der Waals surface area (Å²) in [4.78, 5) is 11.4. The molecule has 170 valence electrons. The third-order valence-electron chi connectivity index (χ3n) is 6.11. The molecule has 7 heteroatoms. The first kappa shape index (κ1) is 25.2. The number of hydrogen-bond donors (Lipinski definition) is 2. The summed E-state index contributed by atoms with van der Waals surface area (Å²) in [7, 11) is 1.86. The number of nitrogens with one attached hydrogen (secondary N) is 2. The minimum atomic E-state index is 0. The SMILES string of the molecule is CN=C(NCC1CCCOC1C(C)(C)C)NC1CCN(c2ccc(C)cn2)CC1.I. The Balaban J connectivity index is 0.00000320. The molecule has 3 heterocycles. The Morgan fingerprint density at radius 2 is 1.97 bits per heavy atom. The van der Waals surface area contributed by atoms with Crippen LogP contribution in [0.1, 0.15) is 52.0 Å². The minimum Gasteiger partial charge on any atom is -0.377 e. The first-order chi connectivity index (χ1) is 13.9. The normalized spacial score (nSPS) is 23.6. The lowest BCUT2D eigenvalue weighted by molar-refractivity contribution is -0.0835. The van der Waals surface area contributed by atoms with Gasteiger partial charge in [-0.15, -0.1) is 24.0 Å². The van der Waals surface area contributed by atoms with Crippen molar-refractivity contribution in [3.63, 3.8) is 0 Å². The fraction of sp³-hybridized carbons (Fsp3) is 0.739. The molecule has 2 fully saturated rings. The number of pyridine rings is 1. The molecule has 2 N–H and O–H groups in total. The molecule has 0 amide bonds. The van der Waals surface area contributed by atoms with Crippen molar-refractivity contribution in [3.8, 4) is 0 Å². The standard InChI is InChI=1S/C23H39N5O.HI/c1-17-8-9-20(25-15-17)28-12-10-19(11-13-28)27-22(24-5)26-16-18-7-6-14-29-21(18)23(2,3)4;/h8-9,15,18-19,21H,6-7,10-14,16H2,1-5H3,(H2,24,26,27);1H. The number of ether oxygens (including phenoxy) is 1. The summed E-state index contributed by atoms with van der Waals surface area (Å²) in [6.45, 7) is 12.8. The highest BCUT2D eigenvalue weighted by Crippen LogP contribution is 2.33. The van der Waals surface area contributed by atoms with Crippen LogP contribution in [0.15, 0.2) is 23.3 Å². The van der Waals surface area contributed by atoms with Crippen LogP contribution in [0.4, 0.5) is 5.82 Å². The van der Waals surface area contributed by atoms with Crippen molar-refractivity contribution in [2.75, 3.05) is 38.2 Å². The largest absolute Gasteiger partial charge is 0.377 e. The summed E-state index contributed by atoms with van der Waals surface area (Å²) < 4.78 is 6.12. The van der Waals surface area contributed by atoms with Crippen molar-refractivity contribution in [1.82, 2.24) is 15.6 Å². The second-order valence-corrected chi connectivity index (χ2v) is 9.61. The smallest absolute Gasteiger partial charge is 0.191 e. The molecule has 2 unspecified atom stereocenters. The van der Waals surface area contributed by atoms with E-state index in [4.69, 9.17) is 4.74 Å². The molecule has 0 radical (unpaired) electrons. The Hall–Kier alpha value is -1.09. The highest BCUT2D eigenvalue weighted by Gasteiger charge is 2.35. The van der Waals surface area contributed by atoms with E-state index in [-0.39, 0.29) is 29.4 Å². The maximum Gasteiger partial charge on any atom is 0.191 e. The van der Waals surface area contributed by atoms with Crippen molar-refractivity contribution in [2.45, 2.75) is 65.5 Å². The Morgan fingerprint density at radius 1 is 1.23 bits per heavy atom. The van der Waals surface area contributed by atoms with E-state index in [1.54, 1.807) is 0 Å². The van der Waals surface area contributed by atoms with Gasteiger partial charge in [0, 0.05) is 51.4 Å². The lowest BCUT2D eigenvalue weighted by Gasteiger charge is -2.40. The highest BCUT2D eigenvalue weighted by atomic mass is 127. The molecule has 6 nitrogen and oxygen atoms in total. The fourth-order valence-electron chi connectivity index (χ4n) is 4.53. The van der Waals surface area contributed by atoms with Gasteiger partial charge in [-0.05, 0) is 49.7 Å². The summed E-state index contributed by atoms with van der Waals surface area (Å²) in [6, 6.07) is 4.71.